The summed E-state index contributed by atoms with van der Waals surface area (Å²) in [5, 5.41) is 12.2. The smallest absolute Gasteiger partial charge is 0.291 e. The monoisotopic (exact) mass is 455 g/mol. The molecule has 6 nitrogen and oxygen atoms in total. The van der Waals surface area contributed by atoms with Crippen molar-refractivity contribution in [1.29, 1.82) is 0 Å². The highest BCUT2D eigenvalue weighted by molar-refractivity contribution is 6.02. The number of nitrogens with one attached hydrogen (secondary N) is 1. The summed E-state index contributed by atoms with van der Waals surface area (Å²) in [5.41, 5.74) is 3.53. The molecular formula is C28H25NO5. The van der Waals surface area contributed by atoms with Gasteiger partial charge in [-0.2, -0.15) is 0 Å². The molecule has 172 valence electrons. The second kappa shape index (κ2) is 10.4. The van der Waals surface area contributed by atoms with E-state index in [2.05, 4.69) is 5.32 Å². The van der Waals surface area contributed by atoms with Gasteiger partial charge in [0.1, 0.15) is 23.0 Å². The Morgan fingerprint density at radius 1 is 0.882 bits per heavy atom. The molecule has 0 unspecified atom stereocenters. The molecule has 0 radical (unpaired) electrons. The van der Waals surface area contributed by atoms with E-state index in [1.54, 1.807) is 38.5 Å². The number of methoxy groups -OCH3 is 2. The molecule has 6 heteroatoms. The normalized spacial score (nSPS) is 10.9. The molecule has 0 fully saturated rings. The van der Waals surface area contributed by atoms with E-state index in [0.29, 0.717) is 17.9 Å². The Balaban J connectivity index is 1.38. The Hall–Kier alpha value is -4.45. The number of benzene rings is 3. The molecule has 1 aromatic heterocycles. The third kappa shape index (κ3) is 5.66. The second-order valence-corrected chi connectivity index (χ2v) is 7.62. The van der Waals surface area contributed by atoms with Gasteiger partial charge in [-0.1, -0.05) is 36.4 Å². The van der Waals surface area contributed by atoms with Gasteiger partial charge < -0.3 is 24.3 Å². The number of hydrogen-bond donors (Lipinski definition) is 2. The van der Waals surface area contributed by atoms with Gasteiger partial charge >= 0.3 is 0 Å². The number of phenols is 1. The van der Waals surface area contributed by atoms with Crippen LogP contribution < -0.4 is 14.8 Å². The van der Waals surface area contributed by atoms with Crippen molar-refractivity contribution in [2.45, 2.75) is 6.42 Å². The first-order valence-corrected chi connectivity index (χ1v) is 10.7. The first-order chi connectivity index (χ1) is 16.5. The molecule has 4 rings (SSSR count). The quantitative estimate of drug-likeness (QED) is 0.318. The fourth-order valence-corrected chi connectivity index (χ4v) is 3.45. The van der Waals surface area contributed by atoms with Crippen molar-refractivity contribution >= 4 is 23.7 Å². The van der Waals surface area contributed by atoms with Crippen molar-refractivity contribution in [2.24, 2.45) is 0 Å². The van der Waals surface area contributed by atoms with Crippen LogP contribution in [0.2, 0.25) is 0 Å². The maximum Gasteiger partial charge on any atom is 0.291 e. The van der Waals surface area contributed by atoms with Crippen molar-refractivity contribution in [1.82, 2.24) is 0 Å². The van der Waals surface area contributed by atoms with E-state index in [4.69, 9.17) is 13.9 Å². The molecule has 0 aliphatic heterocycles. The highest BCUT2D eigenvalue weighted by Crippen LogP contribution is 2.27. The number of phenolic OH excluding ortho intramolecular Hbond substituents is 1. The lowest BCUT2D eigenvalue weighted by atomic mass is 10.1. The molecule has 1 heterocycles. The van der Waals surface area contributed by atoms with E-state index in [0.717, 1.165) is 28.2 Å². The second-order valence-electron chi connectivity index (χ2n) is 7.62. The predicted octanol–water partition coefficient (Wildman–Crippen LogP) is 6.02. The van der Waals surface area contributed by atoms with E-state index in [9.17, 15) is 9.90 Å². The van der Waals surface area contributed by atoms with Crippen LogP contribution in [-0.2, 0) is 6.42 Å². The summed E-state index contributed by atoms with van der Waals surface area (Å²) in [5.74, 6) is 2.24. The summed E-state index contributed by atoms with van der Waals surface area (Å²) in [4.78, 5) is 12.6. The van der Waals surface area contributed by atoms with Gasteiger partial charge in [-0.05, 0) is 65.7 Å². The summed E-state index contributed by atoms with van der Waals surface area (Å²) < 4.78 is 16.5. The van der Waals surface area contributed by atoms with E-state index in [1.165, 1.54) is 0 Å². The molecule has 1 amide bonds. The summed E-state index contributed by atoms with van der Waals surface area (Å²) in [6, 6.07) is 23.5. The minimum Gasteiger partial charge on any atom is -0.508 e. The Kier molecular flexibility index (Phi) is 6.98. The molecule has 0 saturated heterocycles. The number of carbonyl (C=O) groups is 1. The molecule has 2 N–H and O–H groups in total. The summed E-state index contributed by atoms with van der Waals surface area (Å²) in [7, 11) is 3.22. The number of aromatic hydroxyl groups is 1. The van der Waals surface area contributed by atoms with Crippen molar-refractivity contribution in [2.75, 3.05) is 19.5 Å². The zero-order chi connectivity index (χ0) is 23.9. The lowest BCUT2D eigenvalue weighted by molar-refractivity contribution is 0.0995. The zero-order valence-electron chi connectivity index (χ0n) is 18.9. The maximum absolute atomic E-state index is 12.6. The van der Waals surface area contributed by atoms with Gasteiger partial charge in [-0.3, -0.25) is 4.79 Å². The average Bonchev–Trinajstić information content (AvgIpc) is 3.33. The van der Waals surface area contributed by atoms with E-state index < -0.39 is 0 Å². The molecule has 0 saturated carbocycles. The number of rotatable bonds is 8. The van der Waals surface area contributed by atoms with Gasteiger partial charge in [-0.25, -0.2) is 0 Å². The summed E-state index contributed by atoms with van der Waals surface area (Å²) in [6.45, 7) is 0. The largest absolute Gasteiger partial charge is 0.508 e. The van der Waals surface area contributed by atoms with Crippen LogP contribution in [0.25, 0.3) is 12.2 Å². The van der Waals surface area contributed by atoms with Crippen LogP contribution in [-0.4, -0.2) is 25.2 Å². The van der Waals surface area contributed by atoms with Crippen molar-refractivity contribution in [3.63, 3.8) is 0 Å². The molecular weight excluding hydrogens is 430 g/mol. The van der Waals surface area contributed by atoms with Gasteiger partial charge in [0.2, 0.25) is 0 Å². The summed E-state index contributed by atoms with van der Waals surface area (Å²) >= 11 is 0. The highest BCUT2D eigenvalue weighted by atomic mass is 16.5. The average molecular weight is 456 g/mol. The summed E-state index contributed by atoms with van der Waals surface area (Å²) in [6.07, 6.45) is 4.38. The van der Waals surface area contributed by atoms with Crippen LogP contribution >= 0.6 is 0 Å². The highest BCUT2D eigenvalue weighted by Gasteiger charge is 2.14. The molecule has 0 spiro atoms. The standard InChI is InChI=1S/C28H25NO5/c1-32-24-13-15-26(33-2)21(17-24)18-25-14-16-27(34-25)28(31)29-22-9-5-19(6-10-22)3-4-20-7-11-23(30)12-8-20/h3-17,30H,18H2,1-2H3,(H,29,31). The van der Waals surface area contributed by atoms with Crippen LogP contribution in [0, 0.1) is 0 Å². The molecule has 0 aliphatic rings. The Labute approximate surface area is 198 Å². The topological polar surface area (TPSA) is 80.9 Å². The predicted molar refractivity (Wildman–Crippen MR) is 132 cm³/mol. The number of anilines is 1. The van der Waals surface area contributed by atoms with Crippen LogP contribution in [0.3, 0.4) is 0 Å². The van der Waals surface area contributed by atoms with Gasteiger partial charge in [0.05, 0.1) is 14.2 Å². The maximum atomic E-state index is 12.6. The minimum atomic E-state index is -0.323. The van der Waals surface area contributed by atoms with Crippen molar-refractivity contribution in [3.05, 3.63) is 107 Å². The van der Waals surface area contributed by atoms with Crippen molar-refractivity contribution in [3.8, 4) is 17.2 Å². The number of carbonyl (C=O) groups excluding carboxylic acids is 1. The molecule has 0 atom stereocenters. The van der Waals surface area contributed by atoms with Crippen LogP contribution in [0.5, 0.6) is 17.2 Å². The van der Waals surface area contributed by atoms with Crippen LogP contribution in [0.15, 0.2) is 83.3 Å². The number of ether oxygens (including phenoxy) is 2. The Morgan fingerprint density at radius 2 is 1.56 bits per heavy atom. The number of furan rings is 1. The fourth-order valence-electron chi connectivity index (χ4n) is 3.45. The third-order valence-corrected chi connectivity index (χ3v) is 5.27. The molecule has 0 aliphatic carbocycles. The SMILES string of the molecule is COc1ccc(OC)c(Cc2ccc(C(=O)Nc3ccc(C=Cc4ccc(O)cc4)cc3)o2)c1. The van der Waals surface area contributed by atoms with Gasteiger partial charge in [0, 0.05) is 17.7 Å². The zero-order valence-corrected chi connectivity index (χ0v) is 18.9. The Morgan fingerprint density at radius 3 is 2.21 bits per heavy atom. The van der Waals surface area contributed by atoms with E-state index >= 15 is 0 Å². The number of amides is 1. The fraction of sp³-hybridized carbons (Fsp3) is 0.107. The van der Waals surface area contributed by atoms with Crippen LogP contribution in [0.1, 0.15) is 33.0 Å². The van der Waals surface area contributed by atoms with Gasteiger partial charge in [0.15, 0.2) is 5.76 Å². The van der Waals surface area contributed by atoms with Gasteiger partial charge in [0.25, 0.3) is 5.91 Å². The first-order valence-electron chi connectivity index (χ1n) is 10.7. The van der Waals surface area contributed by atoms with Crippen LogP contribution in [0.4, 0.5) is 5.69 Å². The molecule has 4 aromatic rings. The third-order valence-electron chi connectivity index (χ3n) is 5.27. The Bertz CT molecular complexity index is 1290. The minimum absolute atomic E-state index is 0.230. The molecule has 34 heavy (non-hydrogen) atoms. The number of hydrogen-bond acceptors (Lipinski definition) is 5. The first kappa shape index (κ1) is 22.7. The molecule has 3 aromatic carbocycles. The molecule has 0 bridgehead atoms. The van der Waals surface area contributed by atoms with Crippen molar-refractivity contribution < 1.29 is 23.8 Å². The van der Waals surface area contributed by atoms with E-state index in [1.807, 2.05) is 66.7 Å². The van der Waals surface area contributed by atoms with Gasteiger partial charge in [-0.15, -0.1) is 0 Å². The lowest BCUT2D eigenvalue weighted by Crippen LogP contribution is -2.10. The lowest BCUT2D eigenvalue weighted by Gasteiger charge is -2.09. The van der Waals surface area contributed by atoms with E-state index in [-0.39, 0.29) is 17.4 Å².